The summed E-state index contributed by atoms with van der Waals surface area (Å²) in [5.41, 5.74) is 3.30. The third kappa shape index (κ3) is 7.99. The van der Waals surface area contributed by atoms with Gasteiger partial charge in [-0.3, -0.25) is 4.79 Å². The van der Waals surface area contributed by atoms with Crippen LogP contribution in [0.5, 0.6) is 5.75 Å². The van der Waals surface area contributed by atoms with Crippen LogP contribution in [0.3, 0.4) is 0 Å². The van der Waals surface area contributed by atoms with Crippen LogP contribution in [-0.4, -0.2) is 34.0 Å². The average Bonchev–Trinajstić information content (AvgIpc) is 2.70. The smallest absolute Gasteiger partial charge is 0.240 e. The molecule has 0 fully saturated rings. The molecular formula is C24H34N2O4S. The van der Waals surface area contributed by atoms with Gasteiger partial charge in [0, 0.05) is 19.5 Å². The number of hydrogen-bond acceptors (Lipinski definition) is 4. The van der Waals surface area contributed by atoms with Crippen molar-refractivity contribution < 1.29 is 17.9 Å². The first kappa shape index (κ1) is 24.9. The van der Waals surface area contributed by atoms with Gasteiger partial charge in [0.2, 0.25) is 15.9 Å². The second-order valence-electron chi connectivity index (χ2n) is 8.72. The minimum absolute atomic E-state index is 0.101. The highest BCUT2D eigenvalue weighted by Crippen LogP contribution is 2.24. The summed E-state index contributed by atoms with van der Waals surface area (Å²) in [5.74, 6) is 0.659. The summed E-state index contributed by atoms with van der Waals surface area (Å²) in [6.07, 6.45) is 0.908. The normalized spacial score (nSPS) is 11.9. The summed E-state index contributed by atoms with van der Waals surface area (Å²) in [6.45, 7) is 11.1. The minimum atomic E-state index is -3.58. The predicted molar refractivity (Wildman–Crippen MR) is 124 cm³/mol. The van der Waals surface area contributed by atoms with Crippen molar-refractivity contribution in [2.24, 2.45) is 0 Å². The lowest BCUT2D eigenvalue weighted by molar-refractivity contribution is -0.121. The molecule has 0 heterocycles. The Morgan fingerprint density at radius 3 is 2.26 bits per heavy atom. The SMILES string of the molecule is Cc1ccc(S(=O)(=O)NCCNC(=O)CCCOc2ccc(C(C)(C)C)cc2)cc1C. The van der Waals surface area contributed by atoms with Crippen LogP contribution in [0.1, 0.15) is 50.3 Å². The summed E-state index contributed by atoms with van der Waals surface area (Å²) < 4.78 is 32.8. The molecule has 170 valence electrons. The molecule has 31 heavy (non-hydrogen) atoms. The van der Waals surface area contributed by atoms with Crippen LogP contribution >= 0.6 is 0 Å². The van der Waals surface area contributed by atoms with E-state index in [0.717, 1.165) is 16.9 Å². The van der Waals surface area contributed by atoms with Gasteiger partial charge in [-0.15, -0.1) is 0 Å². The van der Waals surface area contributed by atoms with Crippen molar-refractivity contribution in [3.63, 3.8) is 0 Å². The van der Waals surface area contributed by atoms with Crippen LogP contribution in [0.2, 0.25) is 0 Å². The molecular weight excluding hydrogens is 412 g/mol. The number of hydrogen-bond donors (Lipinski definition) is 2. The lowest BCUT2D eigenvalue weighted by Crippen LogP contribution is -2.34. The maximum absolute atomic E-state index is 12.3. The highest BCUT2D eigenvalue weighted by atomic mass is 32.2. The molecule has 0 aliphatic carbocycles. The first-order chi connectivity index (χ1) is 14.5. The number of carbonyl (C=O) groups excluding carboxylic acids is 1. The fourth-order valence-electron chi connectivity index (χ4n) is 2.91. The van der Waals surface area contributed by atoms with Gasteiger partial charge in [-0.1, -0.05) is 39.0 Å². The molecule has 0 spiro atoms. The molecule has 0 radical (unpaired) electrons. The van der Waals surface area contributed by atoms with Crippen LogP contribution in [0.15, 0.2) is 47.4 Å². The second kappa shape index (κ2) is 10.8. The zero-order valence-electron chi connectivity index (χ0n) is 19.1. The number of sulfonamides is 1. The number of nitrogens with one attached hydrogen (secondary N) is 2. The van der Waals surface area contributed by atoms with Crippen molar-refractivity contribution in [2.45, 2.75) is 57.8 Å². The number of aryl methyl sites for hydroxylation is 2. The predicted octanol–water partition coefficient (Wildman–Crippen LogP) is 3.85. The van der Waals surface area contributed by atoms with E-state index in [0.29, 0.717) is 19.4 Å². The fourth-order valence-corrected chi connectivity index (χ4v) is 4.03. The molecule has 2 rings (SSSR count). The Kier molecular flexibility index (Phi) is 8.65. The summed E-state index contributed by atoms with van der Waals surface area (Å²) in [6, 6.07) is 13.0. The van der Waals surface area contributed by atoms with E-state index in [-0.39, 0.29) is 29.3 Å². The molecule has 0 atom stereocenters. The number of rotatable bonds is 10. The summed E-state index contributed by atoms with van der Waals surface area (Å²) in [7, 11) is -3.58. The van der Waals surface area contributed by atoms with Crippen molar-refractivity contribution in [1.82, 2.24) is 10.0 Å². The third-order valence-corrected chi connectivity index (χ3v) is 6.52. The Morgan fingerprint density at radius 1 is 0.968 bits per heavy atom. The molecule has 0 unspecified atom stereocenters. The standard InChI is InChI=1S/C24H34N2O4S/c1-18-8-13-22(17-19(18)2)31(28,29)26-15-14-25-23(27)7-6-16-30-21-11-9-20(10-12-21)24(3,4)5/h8-13,17,26H,6-7,14-16H2,1-5H3,(H,25,27). The Morgan fingerprint density at radius 2 is 1.65 bits per heavy atom. The van der Waals surface area contributed by atoms with E-state index in [4.69, 9.17) is 4.74 Å². The molecule has 0 saturated carbocycles. The molecule has 1 amide bonds. The van der Waals surface area contributed by atoms with Crippen molar-refractivity contribution in [3.05, 3.63) is 59.2 Å². The van der Waals surface area contributed by atoms with E-state index in [1.54, 1.807) is 18.2 Å². The molecule has 0 aliphatic rings. The average molecular weight is 447 g/mol. The lowest BCUT2D eigenvalue weighted by Gasteiger charge is -2.19. The lowest BCUT2D eigenvalue weighted by atomic mass is 9.87. The third-order valence-electron chi connectivity index (χ3n) is 5.07. The highest BCUT2D eigenvalue weighted by Gasteiger charge is 2.14. The van der Waals surface area contributed by atoms with Crippen molar-refractivity contribution in [2.75, 3.05) is 19.7 Å². The van der Waals surface area contributed by atoms with Crippen molar-refractivity contribution in [3.8, 4) is 5.75 Å². The quantitative estimate of drug-likeness (QED) is 0.543. The van der Waals surface area contributed by atoms with Gasteiger partial charge < -0.3 is 10.1 Å². The van der Waals surface area contributed by atoms with Crippen LogP contribution in [-0.2, 0) is 20.2 Å². The van der Waals surface area contributed by atoms with Crippen LogP contribution < -0.4 is 14.8 Å². The fraction of sp³-hybridized carbons (Fsp3) is 0.458. The van der Waals surface area contributed by atoms with Crippen LogP contribution in [0, 0.1) is 13.8 Å². The van der Waals surface area contributed by atoms with Gasteiger partial charge in [-0.2, -0.15) is 0 Å². The van der Waals surface area contributed by atoms with Gasteiger partial charge in [-0.25, -0.2) is 13.1 Å². The first-order valence-corrected chi connectivity index (χ1v) is 12.0. The highest BCUT2D eigenvalue weighted by molar-refractivity contribution is 7.89. The van der Waals surface area contributed by atoms with E-state index >= 15 is 0 Å². The second-order valence-corrected chi connectivity index (χ2v) is 10.5. The number of amides is 1. The molecule has 0 saturated heterocycles. The van der Waals surface area contributed by atoms with Crippen LogP contribution in [0.4, 0.5) is 0 Å². The molecule has 6 nitrogen and oxygen atoms in total. The van der Waals surface area contributed by atoms with Gasteiger partial charge in [0.05, 0.1) is 11.5 Å². The van der Waals surface area contributed by atoms with Gasteiger partial charge in [0.25, 0.3) is 0 Å². The van der Waals surface area contributed by atoms with E-state index in [1.165, 1.54) is 5.56 Å². The Hall–Kier alpha value is -2.38. The summed E-state index contributed by atoms with van der Waals surface area (Å²) >= 11 is 0. The largest absolute Gasteiger partial charge is 0.494 e. The van der Waals surface area contributed by atoms with Crippen molar-refractivity contribution >= 4 is 15.9 Å². The van der Waals surface area contributed by atoms with Crippen LogP contribution in [0.25, 0.3) is 0 Å². The van der Waals surface area contributed by atoms with E-state index < -0.39 is 10.0 Å². The van der Waals surface area contributed by atoms with E-state index in [2.05, 4.69) is 42.9 Å². The summed E-state index contributed by atoms with van der Waals surface area (Å²) in [4.78, 5) is 12.2. The molecule has 2 N–H and O–H groups in total. The number of ether oxygens (including phenoxy) is 1. The molecule has 0 aliphatic heterocycles. The van der Waals surface area contributed by atoms with Gasteiger partial charge >= 0.3 is 0 Å². The summed E-state index contributed by atoms with van der Waals surface area (Å²) in [5, 5.41) is 2.73. The molecule has 2 aromatic rings. The van der Waals surface area contributed by atoms with Gasteiger partial charge in [-0.05, 0) is 66.6 Å². The molecule has 0 aromatic heterocycles. The maximum Gasteiger partial charge on any atom is 0.240 e. The van der Waals surface area contributed by atoms with Crippen molar-refractivity contribution in [1.29, 1.82) is 0 Å². The monoisotopic (exact) mass is 446 g/mol. The zero-order valence-corrected chi connectivity index (χ0v) is 19.9. The Bertz CT molecular complexity index is 978. The van der Waals surface area contributed by atoms with E-state index in [1.807, 2.05) is 26.0 Å². The number of carbonyl (C=O) groups is 1. The zero-order chi connectivity index (χ0) is 23.1. The molecule has 7 heteroatoms. The van der Waals surface area contributed by atoms with E-state index in [9.17, 15) is 13.2 Å². The molecule has 2 aromatic carbocycles. The maximum atomic E-state index is 12.3. The molecule has 0 bridgehead atoms. The van der Waals surface area contributed by atoms with Gasteiger partial charge in [0.15, 0.2) is 0 Å². The Labute approximate surface area is 186 Å². The first-order valence-electron chi connectivity index (χ1n) is 10.6. The Balaban J connectivity index is 1.64. The number of benzene rings is 2. The van der Waals surface area contributed by atoms with Gasteiger partial charge in [0.1, 0.15) is 5.75 Å². The topological polar surface area (TPSA) is 84.5 Å². The minimum Gasteiger partial charge on any atom is -0.494 e.